The van der Waals surface area contributed by atoms with Gasteiger partial charge in [-0.3, -0.25) is 0 Å². The molecule has 0 amide bonds. The quantitative estimate of drug-likeness (QED) is 0.0448. The summed E-state index contributed by atoms with van der Waals surface area (Å²) in [6.45, 7) is 9.43. The molecule has 0 aliphatic heterocycles. The molecule has 284 valence electrons. The van der Waals surface area contributed by atoms with Crippen molar-refractivity contribution in [3.8, 4) is 35.2 Å². The molecule has 0 fully saturated rings. The maximum atomic E-state index is 12.3. The summed E-state index contributed by atoms with van der Waals surface area (Å²) in [4.78, 5) is 28.4. The standard InChI is InChI=1S/C44H50N2O6S2/c1-31-11-15-35(16-12-31)49-25-7-5-9-37-19-21-41(53-37)39(45)27-33(3)29-51-43(47)23-24-44(48)52-30-34(4)28-40(46)42-22-20-38(54-42)10-6-8-26-50-36-17-13-32(2)14-18-36/h11-24,33-34,39-40H,7-8,25-30,45-46H2,1-4H3/b24-23-/t33-,34-,39?,40?/m1/s1. The molecule has 4 atom stereocenters. The monoisotopic (exact) mass is 766 g/mol. The normalized spacial score (nSPS) is 13.1. The van der Waals surface area contributed by atoms with E-state index in [1.165, 1.54) is 11.1 Å². The number of esters is 2. The Balaban J connectivity index is 1.07. The van der Waals surface area contributed by atoms with E-state index in [1.54, 1.807) is 22.7 Å². The number of nitrogens with two attached hydrogens (primary N) is 2. The fourth-order valence-corrected chi connectivity index (χ4v) is 6.96. The highest BCUT2D eigenvalue weighted by Gasteiger charge is 2.16. The fourth-order valence-electron chi connectivity index (χ4n) is 5.16. The van der Waals surface area contributed by atoms with Crippen LogP contribution in [-0.2, 0) is 19.1 Å². The number of carbonyl (C=O) groups is 2. The van der Waals surface area contributed by atoms with Gasteiger partial charge in [-0.2, -0.15) is 0 Å². The molecule has 4 rings (SSSR count). The van der Waals surface area contributed by atoms with Gasteiger partial charge in [0.05, 0.1) is 36.2 Å². The van der Waals surface area contributed by atoms with Crippen LogP contribution in [0.2, 0.25) is 0 Å². The number of hydrogen-bond donors (Lipinski definition) is 2. The molecule has 2 heterocycles. The molecule has 4 aromatic rings. The van der Waals surface area contributed by atoms with Crippen LogP contribution < -0.4 is 20.9 Å². The summed E-state index contributed by atoms with van der Waals surface area (Å²) in [6, 6.07) is 23.4. The minimum Gasteiger partial charge on any atom is -0.493 e. The average molecular weight is 767 g/mol. The summed E-state index contributed by atoms with van der Waals surface area (Å²) >= 11 is 3.13. The van der Waals surface area contributed by atoms with Gasteiger partial charge < -0.3 is 30.4 Å². The second kappa shape index (κ2) is 22.4. The van der Waals surface area contributed by atoms with Gasteiger partial charge in [-0.1, -0.05) is 72.9 Å². The van der Waals surface area contributed by atoms with Gasteiger partial charge in [0, 0.05) is 46.8 Å². The van der Waals surface area contributed by atoms with E-state index in [1.807, 2.05) is 100 Å². The van der Waals surface area contributed by atoms with Crippen LogP contribution in [0.4, 0.5) is 0 Å². The molecule has 2 unspecified atom stereocenters. The van der Waals surface area contributed by atoms with Crippen molar-refractivity contribution in [1.29, 1.82) is 0 Å². The lowest BCUT2D eigenvalue weighted by Crippen LogP contribution is -2.18. The van der Waals surface area contributed by atoms with Crippen LogP contribution in [0.1, 0.15) is 82.2 Å². The lowest BCUT2D eigenvalue weighted by Gasteiger charge is -2.16. The van der Waals surface area contributed by atoms with E-state index in [0.717, 1.165) is 43.2 Å². The zero-order chi connectivity index (χ0) is 38.7. The van der Waals surface area contributed by atoms with Gasteiger partial charge in [0.15, 0.2) is 0 Å². The van der Waals surface area contributed by atoms with Gasteiger partial charge in [-0.15, -0.1) is 22.7 Å². The number of ether oxygens (including phenoxy) is 4. The van der Waals surface area contributed by atoms with Gasteiger partial charge in [0.1, 0.15) is 11.5 Å². The highest BCUT2D eigenvalue weighted by molar-refractivity contribution is 7.12. The van der Waals surface area contributed by atoms with Crippen molar-refractivity contribution in [3.63, 3.8) is 0 Å². The molecule has 0 bridgehead atoms. The molecular weight excluding hydrogens is 717 g/mol. The SMILES string of the molecule is Cc1ccc(OCCC#Cc2ccc(C(N)C[C@@H](C)COC(=O)/C=C\C(=O)OC[C@H](C)CC(N)c3ccc(C#CCCOc4ccc(C)cc4)s3)s2)cc1. The zero-order valence-electron chi connectivity index (χ0n) is 31.5. The van der Waals surface area contributed by atoms with E-state index >= 15 is 0 Å². The first-order valence-electron chi connectivity index (χ1n) is 18.1. The maximum Gasteiger partial charge on any atom is 0.331 e. The first-order chi connectivity index (χ1) is 26.0. The van der Waals surface area contributed by atoms with Crippen LogP contribution in [0.25, 0.3) is 0 Å². The van der Waals surface area contributed by atoms with Gasteiger partial charge in [0.2, 0.25) is 0 Å². The van der Waals surface area contributed by atoms with Crippen molar-refractivity contribution in [2.24, 2.45) is 23.3 Å². The molecular formula is C44H50N2O6S2. The first-order valence-corrected chi connectivity index (χ1v) is 19.8. The Morgan fingerprint density at radius 2 is 1.02 bits per heavy atom. The van der Waals surface area contributed by atoms with E-state index in [-0.39, 0.29) is 37.1 Å². The molecule has 0 saturated heterocycles. The Morgan fingerprint density at radius 1 is 0.630 bits per heavy atom. The number of carbonyl (C=O) groups excluding carboxylic acids is 2. The van der Waals surface area contributed by atoms with Crippen molar-refractivity contribution >= 4 is 34.6 Å². The highest BCUT2D eigenvalue weighted by atomic mass is 32.1. The molecule has 54 heavy (non-hydrogen) atoms. The number of thiophene rings is 2. The summed E-state index contributed by atoms with van der Waals surface area (Å²) in [5.74, 6) is 13.2. The largest absolute Gasteiger partial charge is 0.493 e. The van der Waals surface area contributed by atoms with Crippen LogP contribution in [0.3, 0.4) is 0 Å². The smallest absolute Gasteiger partial charge is 0.331 e. The highest BCUT2D eigenvalue weighted by Crippen LogP contribution is 2.27. The third-order valence-corrected chi connectivity index (χ3v) is 10.4. The number of hydrogen-bond acceptors (Lipinski definition) is 10. The van der Waals surface area contributed by atoms with E-state index < -0.39 is 11.9 Å². The summed E-state index contributed by atoms with van der Waals surface area (Å²) < 4.78 is 22.1. The topological polar surface area (TPSA) is 123 Å². The second-order valence-corrected chi connectivity index (χ2v) is 15.5. The predicted molar refractivity (Wildman–Crippen MR) is 217 cm³/mol. The van der Waals surface area contributed by atoms with Crippen molar-refractivity contribution in [3.05, 3.63) is 116 Å². The van der Waals surface area contributed by atoms with Crippen molar-refractivity contribution in [1.82, 2.24) is 0 Å². The van der Waals surface area contributed by atoms with Crippen molar-refractivity contribution < 1.29 is 28.5 Å². The maximum absolute atomic E-state index is 12.3. The molecule has 0 aliphatic rings. The number of rotatable bonds is 18. The summed E-state index contributed by atoms with van der Waals surface area (Å²) in [7, 11) is 0. The van der Waals surface area contributed by atoms with Gasteiger partial charge in [0.25, 0.3) is 0 Å². The average Bonchev–Trinajstić information content (AvgIpc) is 3.84. The number of benzene rings is 2. The first kappa shape index (κ1) is 41.9. The van der Waals surface area contributed by atoms with Crippen molar-refractivity contribution in [2.45, 2.75) is 65.5 Å². The van der Waals surface area contributed by atoms with Crippen LogP contribution in [0.5, 0.6) is 11.5 Å². The molecule has 0 spiro atoms. The molecule has 0 aliphatic carbocycles. The molecule has 4 N–H and O–H groups in total. The Labute approximate surface area is 327 Å². The van der Waals surface area contributed by atoms with Crippen LogP contribution in [-0.4, -0.2) is 38.4 Å². The van der Waals surface area contributed by atoms with E-state index in [9.17, 15) is 9.59 Å². The zero-order valence-corrected chi connectivity index (χ0v) is 33.1. The minimum absolute atomic E-state index is 0.0142. The van der Waals surface area contributed by atoms with Crippen LogP contribution >= 0.6 is 22.7 Å². The third kappa shape index (κ3) is 15.6. The Bertz CT molecular complexity index is 1790. The number of aryl methyl sites for hydroxylation is 2. The summed E-state index contributed by atoms with van der Waals surface area (Å²) in [6.07, 6.45) is 4.67. The van der Waals surface area contributed by atoms with Gasteiger partial charge in [-0.05, 0) is 87.1 Å². The lowest BCUT2D eigenvalue weighted by molar-refractivity contribution is -0.141. The Kier molecular flexibility index (Phi) is 17.4. The lowest BCUT2D eigenvalue weighted by atomic mass is 10.0. The second-order valence-electron chi connectivity index (χ2n) is 13.3. The van der Waals surface area contributed by atoms with Gasteiger partial charge >= 0.3 is 11.9 Å². The van der Waals surface area contributed by atoms with Crippen molar-refractivity contribution in [2.75, 3.05) is 26.4 Å². The third-order valence-electron chi connectivity index (χ3n) is 8.13. The molecule has 0 saturated carbocycles. The van der Waals surface area contributed by atoms with Gasteiger partial charge in [-0.25, -0.2) is 9.59 Å². The molecule has 2 aromatic heterocycles. The fraction of sp³-hybridized carbons (Fsp3) is 0.364. The molecule has 10 heteroatoms. The predicted octanol–water partition coefficient (Wildman–Crippen LogP) is 8.46. The minimum atomic E-state index is -0.613. The molecule has 8 nitrogen and oxygen atoms in total. The van der Waals surface area contributed by atoms with Crippen LogP contribution in [0.15, 0.2) is 84.9 Å². The Hall–Kier alpha value is -4.84. The van der Waals surface area contributed by atoms with Crippen LogP contribution in [0, 0.1) is 49.4 Å². The summed E-state index contributed by atoms with van der Waals surface area (Å²) in [5, 5.41) is 0. The Morgan fingerprint density at radius 3 is 1.41 bits per heavy atom. The molecule has 2 aromatic carbocycles. The summed E-state index contributed by atoms with van der Waals surface area (Å²) in [5.41, 5.74) is 15.3. The van der Waals surface area contributed by atoms with E-state index in [0.29, 0.717) is 38.9 Å². The van der Waals surface area contributed by atoms with E-state index in [2.05, 4.69) is 23.7 Å². The molecule has 0 radical (unpaired) electrons. The van der Waals surface area contributed by atoms with E-state index in [4.69, 9.17) is 30.4 Å².